The highest BCUT2D eigenvalue weighted by atomic mass is 16.2. The van der Waals surface area contributed by atoms with E-state index in [9.17, 15) is 4.79 Å². The second-order valence-corrected chi connectivity index (χ2v) is 4.81. The summed E-state index contributed by atoms with van der Waals surface area (Å²) in [5, 5.41) is 6.88. The summed E-state index contributed by atoms with van der Waals surface area (Å²) >= 11 is 0. The Kier molecular flexibility index (Phi) is 3.87. The van der Waals surface area contributed by atoms with Crippen molar-refractivity contribution in [1.82, 2.24) is 9.88 Å². The predicted molar refractivity (Wildman–Crippen MR) is 85.4 cm³/mol. The van der Waals surface area contributed by atoms with Crippen LogP contribution in [-0.4, -0.2) is 17.1 Å². The normalized spacial score (nSPS) is 10.5. The minimum atomic E-state index is -0.183. The van der Waals surface area contributed by atoms with Gasteiger partial charge in [-0.15, -0.1) is 0 Å². The molecule has 21 heavy (non-hydrogen) atoms. The number of benzene rings is 2. The summed E-state index contributed by atoms with van der Waals surface area (Å²) in [6, 6.07) is 19.5. The van der Waals surface area contributed by atoms with E-state index in [0.29, 0.717) is 6.54 Å². The minimum absolute atomic E-state index is 0.183. The van der Waals surface area contributed by atoms with Crippen LogP contribution in [0.2, 0.25) is 0 Å². The van der Waals surface area contributed by atoms with E-state index in [2.05, 4.69) is 33.4 Å². The first-order valence-corrected chi connectivity index (χ1v) is 6.97. The first kappa shape index (κ1) is 13.2. The van der Waals surface area contributed by atoms with Gasteiger partial charge in [-0.05, 0) is 29.7 Å². The standard InChI is InChI=1S/C17H17N3O/c21-17(19-15-7-2-1-3-8-15)18-11-13-20-12-10-14-6-4-5-9-16(14)20/h1-10,12H,11,13H2,(H2,18,19,21). The maximum absolute atomic E-state index is 11.8. The van der Waals surface area contributed by atoms with Gasteiger partial charge in [0.1, 0.15) is 0 Å². The van der Waals surface area contributed by atoms with Gasteiger partial charge in [-0.3, -0.25) is 0 Å². The van der Waals surface area contributed by atoms with Crippen LogP contribution in [-0.2, 0) is 6.54 Å². The molecule has 0 radical (unpaired) electrons. The van der Waals surface area contributed by atoms with Crippen LogP contribution < -0.4 is 10.6 Å². The molecule has 1 heterocycles. The van der Waals surface area contributed by atoms with Crippen molar-refractivity contribution in [1.29, 1.82) is 0 Å². The number of hydrogen-bond donors (Lipinski definition) is 2. The number of nitrogens with zero attached hydrogens (tertiary/aromatic N) is 1. The zero-order valence-electron chi connectivity index (χ0n) is 11.6. The summed E-state index contributed by atoms with van der Waals surface area (Å²) in [7, 11) is 0. The van der Waals surface area contributed by atoms with E-state index in [1.165, 1.54) is 10.9 Å². The molecule has 3 rings (SSSR count). The predicted octanol–water partition coefficient (Wildman–Crippen LogP) is 3.46. The second-order valence-electron chi connectivity index (χ2n) is 4.81. The average Bonchev–Trinajstić information content (AvgIpc) is 2.92. The maximum atomic E-state index is 11.8. The molecule has 0 spiro atoms. The molecule has 2 amide bonds. The van der Waals surface area contributed by atoms with Gasteiger partial charge < -0.3 is 15.2 Å². The Bertz CT molecular complexity index is 734. The second kappa shape index (κ2) is 6.13. The van der Waals surface area contributed by atoms with Crippen LogP contribution in [0.25, 0.3) is 10.9 Å². The molecule has 0 aliphatic rings. The fourth-order valence-electron chi connectivity index (χ4n) is 2.32. The molecular formula is C17H17N3O. The Balaban J connectivity index is 1.53. The molecule has 0 aliphatic heterocycles. The number of hydrogen-bond acceptors (Lipinski definition) is 1. The van der Waals surface area contributed by atoms with Crippen molar-refractivity contribution < 1.29 is 4.79 Å². The minimum Gasteiger partial charge on any atom is -0.346 e. The van der Waals surface area contributed by atoms with Gasteiger partial charge in [-0.2, -0.15) is 0 Å². The molecule has 0 bridgehead atoms. The Morgan fingerprint density at radius 3 is 2.57 bits per heavy atom. The third-order valence-electron chi connectivity index (χ3n) is 3.35. The smallest absolute Gasteiger partial charge is 0.319 e. The lowest BCUT2D eigenvalue weighted by atomic mass is 10.2. The van der Waals surface area contributed by atoms with E-state index in [1.807, 2.05) is 48.7 Å². The number of urea groups is 1. The lowest BCUT2D eigenvalue weighted by molar-refractivity contribution is 0.251. The SMILES string of the molecule is O=C(NCCn1ccc2ccccc21)Nc1ccccc1. The van der Waals surface area contributed by atoms with E-state index < -0.39 is 0 Å². The van der Waals surface area contributed by atoms with E-state index in [0.717, 1.165) is 12.2 Å². The first-order valence-electron chi connectivity index (χ1n) is 6.97. The lowest BCUT2D eigenvalue weighted by Crippen LogP contribution is -2.31. The maximum Gasteiger partial charge on any atom is 0.319 e. The molecular weight excluding hydrogens is 262 g/mol. The largest absolute Gasteiger partial charge is 0.346 e. The Morgan fingerprint density at radius 1 is 0.952 bits per heavy atom. The number of aromatic nitrogens is 1. The van der Waals surface area contributed by atoms with E-state index in [4.69, 9.17) is 0 Å². The molecule has 2 aromatic carbocycles. The van der Waals surface area contributed by atoms with E-state index in [-0.39, 0.29) is 6.03 Å². The molecule has 4 nitrogen and oxygen atoms in total. The van der Waals surface area contributed by atoms with Crippen LogP contribution in [0.5, 0.6) is 0 Å². The highest BCUT2D eigenvalue weighted by Crippen LogP contribution is 2.14. The number of para-hydroxylation sites is 2. The molecule has 0 aliphatic carbocycles. The molecule has 0 fully saturated rings. The summed E-state index contributed by atoms with van der Waals surface area (Å²) in [4.78, 5) is 11.8. The average molecular weight is 279 g/mol. The number of fused-ring (bicyclic) bond motifs is 1. The zero-order valence-corrected chi connectivity index (χ0v) is 11.6. The highest BCUT2D eigenvalue weighted by molar-refractivity contribution is 5.89. The molecule has 2 N–H and O–H groups in total. The van der Waals surface area contributed by atoms with Crippen LogP contribution >= 0.6 is 0 Å². The Hall–Kier alpha value is -2.75. The van der Waals surface area contributed by atoms with Crippen molar-refractivity contribution in [2.45, 2.75) is 6.54 Å². The fourth-order valence-corrected chi connectivity index (χ4v) is 2.32. The van der Waals surface area contributed by atoms with Crippen molar-refractivity contribution >= 4 is 22.6 Å². The van der Waals surface area contributed by atoms with Crippen LogP contribution in [0.15, 0.2) is 66.9 Å². The first-order chi connectivity index (χ1) is 10.3. The van der Waals surface area contributed by atoms with Gasteiger partial charge in [0.15, 0.2) is 0 Å². The molecule has 0 saturated carbocycles. The monoisotopic (exact) mass is 279 g/mol. The van der Waals surface area contributed by atoms with Gasteiger partial charge in [-0.1, -0.05) is 36.4 Å². The van der Waals surface area contributed by atoms with Crippen LogP contribution in [0.1, 0.15) is 0 Å². The summed E-state index contributed by atoms with van der Waals surface area (Å²) in [5.74, 6) is 0. The zero-order chi connectivity index (χ0) is 14.5. The van der Waals surface area contributed by atoms with Crippen molar-refractivity contribution in [2.75, 3.05) is 11.9 Å². The highest BCUT2D eigenvalue weighted by Gasteiger charge is 2.02. The van der Waals surface area contributed by atoms with Crippen LogP contribution in [0.4, 0.5) is 10.5 Å². The molecule has 0 saturated heterocycles. The molecule has 0 unspecified atom stereocenters. The van der Waals surface area contributed by atoms with Crippen molar-refractivity contribution in [3.8, 4) is 0 Å². The van der Waals surface area contributed by atoms with E-state index in [1.54, 1.807) is 0 Å². The van der Waals surface area contributed by atoms with Gasteiger partial charge in [0.2, 0.25) is 0 Å². The summed E-state index contributed by atoms with van der Waals surface area (Å²) in [6.45, 7) is 1.33. The molecule has 1 aromatic heterocycles. The topological polar surface area (TPSA) is 46.1 Å². The number of amides is 2. The fraction of sp³-hybridized carbons (Fsp3) is 0.118. The van der Waals surface area contributed by atoms with Gasteiger partial charge >= 0.3 is 6.03 Å². The van der Waals surface area contributed by atoms with Crippen LogP contribution in [0, 0.1) is 0 Å². The van der Waals surface area contributed by atoms with Gasteiger partial charge in [0.25, 0.3) is 0 Å². The van der Waals surface area contributed by atoms with Gasteiger partial charge in [0.05, 0.1) is 0 Å². The third-order valence-corrected chi connectivity index (χ3v) is 3.35. The van der Waals surface area contributed by atoms with Crippen molar-refractivity contribution in [3.63, 3.8) is 0 Å². The summed E-state index contributed by atoms with van der Waals surface area (Å²) in [5.41, 5.74) is 1.98. The molecule has 106 valence electrons. The number of anilines is 1. The van der Waals surface area contributed by atoms with Crippen molar-refractivity contribution in [3.05, 3.63) is 66.9 Å². The molecule has 0 atom stereocenters. The van der Waals surface area contributed by atoms with Crippen LogP contribution in [0.3, 0.4) is 0 Å². The molecule has 4 heteroatoms. The summed E-state index contributed by atoms with van der Waals surface area (Å²) in [6.07, 6.45) is 2.04. The molecule has 3 aromatic rings. The van der Waals surface area contributed by atoms with Gasteiger partial charge in [-0.25, -0.2) is 4.79 Å². The van der Waals surface area contributed by atoms with Crippen molar-refractivity contribution in [2.24, 2.45) is 0 Å². The van der Waals surface area contributed by atoms with Gasteiger partial charge in [0, 0.05) is 30.5 Å². The third kappa shape index (κ3) is 3.23. The quantitative estimate of drug-likeness (QED) is 0.754. The Morgan fingerprint density at radius 2 is 1.71 bits per heavy atom. The number of carbonyl (C=O) groups excluding carboxylic acids is 1. The summed E-state index contributed by atoms with van der Waals surface area (Å²) < 4.78 is 2.14. The van der Waals surface area contributed by atoms with E-state index >= 15 is 0 Å². The number of nitrogens with one attached hydrogen (secondary N) is 2. The lowest BCUT2D eigenvalue weighted by Gasteiger charge is -2.09. The number of rotatable bonds is 4. The Labute approximate surface area is 123 Å². The number of carbonyl (C=O) groups is 1.